The van der Waals surface area contributed by atoms with Crippen molar-refractivity contribution < 1.29 is 9.90 Å². The third-order valence-corrected chi connectivity index (χ3v) is 8.16. The molecule has 0 saturated heterocycles. The Kier molecular flexibility index (Phi) is 5.70. The van der Waals surface area contributed by atoms with Crippen molar-refractivity contribution in [2.24, 2.45) is 5.92 Å². The predicted molar refractivity (Wildman–Crippen MR) is 132 cm³/mol. The molecule has 0 unspecified atom stereocenters. The van der Waals surface area contributed by atoms with Gasteiger partial charge in [0.15, 0.2) is 5.78 Å². The number of aromatic nitrogens is 1. The van der Waals surface area contributed by atoms with E-state index in [9.17, 15) is 9.90 Å². The Morgan fingerprint density at radius 3 is 2.73 bits per heavy atom. The van der Waals surface area contributed by atoms with Gasteiger partial charge in [-0.3, -0.25) is 9.78 Å². The molecule has 3 atom stereocenters. The summed E-state index contributed by atoms with van der Waals surface area (Å²) in [6.07, 6.45) is 9.63. The number of pyridine rings is 1. The Morgan fingerprint density at radius 1 is 1.12 bits per heavy atom. The first-order valence-electron chi connectivity index (χ1n) is 12.2. The SMILES string of the molecule is Cc1ccncc1CC(=O)c1ccc2c(c1)CC[C@@H]1C[C@](C)(O)CC[C@@]21Cc1ccccc1. The summed E-state index contributed by atoms with van der Waals surface area (Å²) in [5.74, 6) is 0.605. The molecule has 0 spiro atoms. The molecule has 1 saturated carbocycles. The van der Waals surface area contributed by atoms with Gasteiger partial charge < -0.3 is 5.11 Å². The van der Waals surface area contributed by atoms with Gasteiger partial charge in [0, 0.05) is 29.8 Å². The lowest BCUT2D eigenvalue weighted by atomic mass is 9.53. The number of carbonyl (C=O) groups is 1. The van der Waals surface area contributed by atoms with Gasteiger partial charge in [-0.25, -0.2) is 0 Å². The molecule has 1 aromatic heterocycles. The highest BCUT2D eigenvalue weighted by atomic mass is 16.3. The first-order chi connectivity index (χ1) is 15.9. The van der Waals surface area contributed by atoms with Crippen LogP contribution in [-0.4, -0.2) is 21.5 Å². The van der Waals surface area contributed by atoms with E-state index < -0.39 is 5.60 Å². The average molecular weight is 440 g/mol. The van der Waals surface area contributed by atoms with Crippen LogP contribution in [0.25, 0.3) is 0 Å². The van der Waals surface area contributed by atoms with Crippen molar-refractivity contribution >= 4 is 5.78 Å². The highest BCUT2D eigenvalue weighted by Crippen LogP contribution is 2.54. The van der Waals surface area contributed by atoms with Crippen molar-refractivity contribution in [3.8, 4) is 0 Å². The number of Topliss-reactive ketones (excluding diaryl/α,β-unsaturated/α-hetero) is 1. The molecule has 5 rings (SSSR count). The van der Waals surface area contributed by atoms with Crippen LogP contribution in [0.1, 0.15) is 70.8 Å². The predicted octanol–water partition coefficient (Wildman–Crippen LogP) is 5.79. The minimum atomic E-state index is -0.583. The van der Waals surface area contributed by atoms with Crippen molar-refractivity contribution in [3.63, 3.8) is 0 Å². The minimum absolute atomic E-state index is 0.0265. The molecule has 1 heterocycles. The van der Waals surface area contributed by atoms with Crippen molar-refractivity contribution in [3.05, 3.63) is 100 Å². The van der Waals surface area contributed by atoms with E-state index >= 15 is 0 Å². The van der Waals surface area contributed by atoms with Gasteiger partial charge in [-0.1, -0.05) is 42.5 Å². The van der Waals surface area contributed by atoms with Gasteiger partial charge in [-0.15, -0.1) is 0 Å². The molecule has 3 aromatic rings. The maximum absolute atomic E-state index is 13.1. The maximum atomic E-state index is 13.1. The lowest BCUT2D eigenvalue weighted by Gasteiger charge is -2.53. The average Bonchev–Trinajstić information content (AvgIpc) is 2.81. The Bertz CT molecular complexity index is 1170. The van der Waals surface area contributed by atoms with E-state index in [4.69, 9.17) is 0 Å². The fraction of sp³-hybridized carbons (Fsp3) is 0.400. The van der Waals surface area contributed by atoms with Crippen LogP contribution >= 0.6 is 0 Å². The number of fused-ring (bicyclic) bond motifs is 3. The summed E-state index contributed by atoms with van der Waals surface area (Å²) >= 11 is 0. The van der Waals surface area contributed by atoms with E-state index in [0.717, 1.165) is 55.2 Å². The van der Waals surface area contributed by atoms with E-state index in [2.05, 4.69) is 47.4 Å². The minimum Gasteiger partial charge on any atom is -0.390 e. The Balaban J connectivity index is 1.49. The zero-order valence-electron chi connectivity index (χ0n) is 19.7. The highest BCUT2D eigenvalue weighted by Gasteiger charge is 2.50. The second-order valence-electron chi connectivity index (χ2n) is 10.5. The molecule has 170 valence electrons. The lowest BCUT2D eigenvalue weighted by Crippen LogP contribution is -2.50. The van der Waals surface area contributed by atoms with Crippen molar-refractivity contribution in [1.29, 1.82) is 0 Å². The Hall–Kier alpha value is -2.78. The number of nitrogens with zero attached hydrogens (tertiary/aromatic N) is 1. The van der Waals surface area contributed by atoms with Gasteiger partial charge in [0.05, 0.1) is 5.60 Å². The number of ketones is 1. The van der Waals surface area contributed by atoms with Gasteiger partial charge >= 0.3 is 0 Å². The fourth-order valence-electron chi connectivity index (χ4n) is 6.29. The molecule has 3 nitrogen and oxygen atoms in total. The van der Waals surface area contributed by atoms with Crippen LogP contribution in [0.2, 0.25) is 0 Å². The fourth-order valence-corrected chi connectivity index (χ4v) is 6.29. The number of hydrogen-bond donors (Lipinski definition) is 1. The standard InChI is InChI=1S/C30H33NO2/c1-21-12-15-31-20-25(21)17-28(32)24-9-11-27-23(16-24)8-10-26-19-29(2,33)13-14-30(26,27)18-22-6-4-3-5-7-22/h3-7,9,11-12,15-16,20,26,33H,8,10,13-14,17-19H2,1-2H3/t26-,29-,30+/m1/s1. The van der Waals surface area contributed by atoms with E-state index in [0.29, 0.717) is 12.3 Å². The number of rotatable bonds is 5. The molecule has 3 heteroatoms. The van der Waals surface area contributed by atoms with Crippen LogP contribution in [0, 0.1) is 12.8 Å². The molecule has 0 aliphatic heterocycles. The van der Waals surface area contributed by atoms with Crippen LogP contribution in [0.3, 0.4) is 0 Å². The van der Waals surface area contributed by atoms with Crippen LogP contribution in [-0.2, 0) is 24.7 Å². The highest BCUT2D eigenvalue weighted by molar-refractivity contribution is 5.98. The zero-order chi connectivity index (χ0) is 23.1. The molecule has 2 aliphatic rings. The monoisotopic (exact) mass is 439 g/mol. The second kappa shape index (κ2) is 8.53. The number of hydrogen-bond acceptors (Lipinski definition) is 3. The van der Waals surface area contributed by atoms with Crippen molar-refractivity contribution in [2.75, 3.05) is 0 Å². The Morgan fingerprint density at radius 2 is 1.94 bits per heavy atom. The van der Waals surface area contributed by atoms with Gasteiger partial charge in [0.25, 0.3) is 0 Å². The van der Waals surface area contributed by atoms with Gasteiger partial charge in [0.1, 0.15) is 0 Å². The quantitative estimate of drug-likeness (QED) is 0.512. The van der Waals surface area contributed by atoms with Gasteiger partial charge in [-0.2, -0.15) is 0 Å². The van der Waals surface area contributed by atoms with Crippen molar-refractivity contribution in [2.45, 2.75) is 69.8 Å². The molecule has 2 aliphatic carbocycles. The van der Waals surface area contributed by atoms with Gasteiger partial charge in [0.2, 0.25) is 0 Å². The first-order valence-corrected chi connectivity index (χ1v) is 12.2. The topological polar surface area (TPSA) is 50.2 Å². The third-order valence-electron chi connectivity index (χ3n) is 8.16. The van der Waals surface area contributed by atoms with E-state index in [1.807, 2.05) is 26.0 Å². The number of aliphatic hydroxyl groups is 1. The molecule has 1 N–H and O–H groups in total. The number of benzene rings is 2. The summed E-state index contributed by atoms with van der Waals surface area (Å²) in [5, 5.41) is 10.9. The summed E-state index contributed by atoms with van der Waals surface area (Å²) in [5.41, 5.74) is 6.41. The summed E-state index contributed by atoms with van der Waals surface area (Å²) in [6, 6.07) is 19.1. The van der Waals surface area contributed by atoms with Crippen LogP contribution in [0.5, 0.6) is 0 Å². The largest absolute Gasteiger partial charge is 0.390 e. The maximum Gasteiger partial charge on any atom is 0.167 e. The normalized spacial score (nSPS) is 26.3. The Labute approximate surface area is 196 Å². The van der Waals surface area contributed by atoms with E-state index in [1.54, 1.807) is 12.4 Å². The summed E-state index contributed by atoms with van der Waals surface area (Å²) in [7, 11) is 0. The molecule has 2 aromatic carbocycles. The molecule has 0 amide bonds. The van der Waals surface area contributed by atoms with Crippen LogP contribution in [0.15, 0.2) is 67.0 Å². The summed E-state index contributed by atoms with van der Waals surface area (Å²) in [4.78, 5) is 17.3. The third kappa shape index (κ3) is 4.27. The van der Waals surface area contributed by atoms with Crippen LogP contribution in [0.4, 0.5) is 0 Å². The summed E-state index contributed by atoms with van der Waals surface area (Å²) < 4.78 is 0. The molecule has 0 bridgehead atoms. The molecule has 0 radical (unpaired) electrons. The molecule has 1 fully saturated rings. The van der Waals surface area contributed by atoms with Crippen molar-refractivity contribution in [1.82, 2.24) is 4.98 Å². The number of aryl methyl sites for hydroxylation is 2. The smallest absolute Gasteiger partial charge is 0.167 e. The number of carbonyl (C=O) groups excluding carboxylic acids is 1. The lowest BCUT2D eigenvalue weighted by molar-refractivity contribution is -0.0366. The summed E-state index contributed by atoms with van der Waals surface area (Å²) in [6.45, 7) is 4.03. The first kappa shape index (κ1) is 22.0. The zero-order valence-corrected chi connectivity index (χ0v) is 19.7. The van der Waals surface area contributed by atoms with Crippen LogP contribution < -0.4 is 0 Å². The molecule has 33 heavy (non-hydrogen) atoms. The second-order valence-corrected chi connectivity index (χ2v) is 10.5. The van der Waals surface area contributed by atoms with E-state index in [-0.39, 0.29) is 11.2 Å². The molecular formula is C30H33NO2. The van der Waals surface area contributed by atoms with E-state index in [1.165, 1.54) is 16.7 Å². The van der Waals surface area contributed by atoms with Gasteiger partial charge in [-0.05, 0) is 98.2 Å². The molecular weight excluding hydrogens is 406 g/mol.